The van der Waals surface area contributed by atoms with E-state index in [1.165, 1.54) is 23.5 Å². The zero-order valence-electron chi connectivity index (χ0n) is 14.6. The fourth-order valence-electron chi connectivity index (χ4n) is 1.97. The molecule has 0 aliphatic rings. The van der Waals surface area contributed by atoms with Crippen LogP contribution in [0.4, 0.5) is 5.69 Å². The zero-order chi connectivity index (χ0) is 17.8. The Morgan fingerprint density at radius 3 is 2.22 bits per heavy atom. The second-order valence-corrected chi connectivity index (χ2v) is 8.09. The molecular formula is C16H26N2O4S. The predicted molar refractivity (Wildman–Crippen MR) is 91.2 cm³/mol. The molecule has 0 heterocycles. The molecular weight excluding hydrogens is 316 g/mol. The number of rotatable bonds is 6. The largest absolute Gasteiger partial charge is 0.495 e. The van der Waals surface area contributed by atoms with Crippen molar-refractivity contribution in [3.63, 3.8) is 0 Å². The molecule has 6 nitrogen and oxygen atoms in total. The molecule has 1 rings (SSSR count). The molecule has 1 aromatic rings. The molecule has 130 valence electrons. The van der Waals surface area contributed by atoms with Gasteiger partial charge < -0.3 is 10.1 Å². The fraction of sp³-hybridized carbons (Fsp3) is 0.562. The van der Waals surface area contributed by atoms with Crippen LogP contribution in [-0.2, 0) is 14.8 Å². The van der Waals surface area contributed by atoms with E-state index in [9.17, 15) is 13.2 Å². The van der Waals surface area contributed by atoms with E-state index >= 15 is 0 Å². The van der Waals surface area contributed by atoms with Gasteiger partial charge in [0.15, 0.2) is 0 Å². The Bertz CT molecular complexity index is 659. The molecule has 7 heteroatoms. The maximum absolute atomic E-state index is 12.6. The average molecular weight is 342 g/mol. The molecule has 0 fully saturated rings. The molecule has 0 atom stereocenters. The lowest BCUT2D eigenvalue weighted by Gasteiger charge is -2.21. The zero-order valence-corrected chi connectivity index (χ0v) is 15.5. The van der Waals surface area contributed by atoms with E-state index < -0.39 is 15.4 Å². The molecule has 0 saturated heterocycles. The van der Waals surface area contributed by atoms with Crippen LogP contribution in [0.3, 0.4) is 0 Å². The smallest absolute Gasteiger partial charge is 0.243 e. The molecule has 0 aliphatic carbocycles. The van der Waals surface area contributed by atoms with Crippen molar-refractivity contribution in [2.75, 3.05) is 25.5 Å². The van der Waals surface area contributed by atoms with Crippen molar-refractivity contribution < 1.29 is 17.9 Å². The van der Waals surface area contributed by atoms with Crippen molar-refractivity contribution in [3.8, 4) is 5.75 Å². The Kier molecular flexibility index (Phi) is 6.18. The van der Waals surface area contributed by atoms with Crippen LogP contribution >= 0.6 is 0 Å². The van der Waals surface area contributed by atoms with Crippen LogP contribution < -0.4 is 10.1 Å². The highest BCUT2D eigenvalue weighted by Crippen LogP contribution is 2.30. The van der Waals surface area contributed by atoms with Gasteiger partial charge in [-0.3, -0.25) is 4.79 Å². The van der Waals surface area contributed by atoms with Crippen LogP contribution in [0.2, 0.25) is 0 Å². The summed E-state index contributed by atoms with van der Waals surface area (Å²) in [5, 5.41) is 2.74. The first-order valence-corrected chi connectivity index (χ1v) is 9.01. The number of carbonyl (C=O) groups excluding carboxylic acids is 1. The standard InChI is InChI=1S/C16H26N2O4S/c1-7-18(8-2)23(20,21)12-9-10-14(22-6)13(11-12)17-15(19)16(3,4)5/h9-11H,7-8H2,1-6H3,(H,17,19). The number of hydrogen-bond acceptors (Lipinski definition) is 4. The number of carbonyl (C=O) groups is 1. The van der Waals surface area contributed by atoms with E-state index in [0.29, 0.717) is 24.5 Å². The number of anilines is 1. The minimum Gasteiger partial charge on any atom is -0.495 e. The summed E-state index contributed by atoms with van der Waals surface area (Å²) in [4.78, 5) is 12.3. The Morgan fingerprint density at radius 1 is 1.22 bits per heavy atom. The molecule has 1 N–H and O–H groups in total. The van der Waals surface area contributed by atoms with Crippen molar-refractivity contribution in [2.24, 2.45) is 5.41 Å². The third-order valence-electron chi connectivity index (χ3n) is 3.44. The van der Waals surface area contributed by atoms with Gasteiger partial charge in [-0.15, -0.1) is 0 Å². The van der Waals surface area contributed by atoms with Crippen LogP contribution in [0.1, 0.15) is 34.6 Å². The van der Waals surface area contributed by atoms with Crippen LogP contribution in [0.15, 0.2) is 23.1 Å². The van der Waals surface area contributed by atoms with Crippen LogP contribution in [-0.4, -0.2) is 38.8 Å². The van der Waals surface area contributed by atoms with Gasteiger partial charge in [-0.25, -0.2) is 8.42 Å². The lowest BCUT2D eigenvalue weighted by atomic mass is 9.95. The molecule has 0 saturated carbocycles. The molecule has 0 bridgehead atoms. The third kappa shape index (κ3) is 4.45. The molecule has 1 amide bonds. The summed E-state index contributed by atoms with van der Waals surface area (Å²) in [7, 11) is -2.12. The van der Waals surface area contributed by atoms with Gasteiger partial charge in [-0.1, -0.05) is 34.6 Å². The molecule has 23 heavy (non-hydrogen) atoms. The fourth-order valence-corrected chi connectivity index (χ4v) is 3.45. The molecule has 0 aliphatic heterocycles. The minimum absolute atomic E-state index is 0.131. The monoisotopic (exact) mass is 342 g/mol. The predicted octanol–water partition coefficient (Wildman–Crippen LogP) is 2.71. The van der Waals surface area contributed by atoms with Crippen molar-refractivity contribution in [1.29, 1.82) is 0 Å². The highest BCUT2D eigenvalue weighted by molar-refractivity contribution is 7.89. The van der Waals surface area contributed by atoms with Crippen molar-refractivity contribution in [2.45, 2.75) is 39.5 Å². The van der Waals surface area contributed by atoms with Crippen LogP contribution in [0, 0.1) is 5.41 Å². The summed E-state index contributed by atoms with van der Waals surface area (Å²) < 4.78 is 31.8. The maximum atomic E-state index is 12.6. The van der Waals surface area contributed by atoms with Gasteiger partial charge in [-0.2, -0.15) is 4.31 Å². The number of nitrogens with zero attached hydrogens (tertiary/aromatic N) is 1. The number of ether oxygens (including phenoxy) is 1. The van der Waals surface area contributed by atoms with Gasteiger partial charge in [-0.05, 0) is 18.2 Å². The molecule has 0 spiro atoms. The quantitative estimate of drug-likeness (QED) is 0.862. The normalized spacial score (nSPS) is 12.3. The Labute approximate surface area is 138 Å². The Morgan fingerprint density at radius 2 is 1.78 bits per heavy atom. The molecule has 0 unspecified atom stereocenters. The average Bonchev–Trinajstić information content (AvgIpc) is 2.47. The van der Waals surface area contributed by atoms with Crippen LogP contribution in [0.5, 0.6) is 5.75 Å². The van der Waals surface area contributed by atoms with Gasteiger partial charge in [0.1, 0.15) is 5.75 Å². The highest BCUT2D eigenvalue weighted by Gasteiger charge is 2.25. The van der Waals surface area contributed by atoms with Gasteiger partial charge in [0.25, 0.3) is 0 Å². The van der Waals surface area contributed by atoms with E-state index in [0.717, 1.165) is 0 Å². The summed E-state index contributed by atoms with van der Waals surface area (Å²) in [6, 6.07) is 4.48. The second-order valence-electron chi connectivity index (χ2n) is 6.16. The first kappa shape index (κ1) is 19.4. The number of amides is 1. The minimum atomic E-state index is -3.59. The van der Waals surface area contributed by atoms with E-state index in [2.05, 4.69) is 5.32 Å². The summed E-state index contributed by atoms with van der Waals surface area (Å²) in [5.41, 5.74) is -0.251. The van der Waals surface area contributed by atoms with E-state index in [-0.39, 0.29) is 10.8 Å². The maximum Gasteiger partial charge on any atom is 0.243 e. The second kappa shape index (κ2) is 7.31. The molecule has 0 radical (unpaired) electrons. The number of benzene rings is 1. The van der Waals surface area contributed by atoms with E-state index in [1.54, 1.807) is 40.7 Å². The number of methoxy groups -OCH3 is 1. The highest BCUT2D eigenvalue weighted by atomic mass is 32.2. The summed E-state index contributed by atoms with van der Waals surface area (Å²) in [5.74, 6) is 0.203. The van der Waals surface area contributed by atoms with Crippen molar-refractivity contribution >= 4 is 21.6 Å². The van der Waals surface area contributed by atoms with E-state index in [4.69, 9.17) is 4.74 Å². The molecule has 1 aromatic carbocycles. The summed E-state index contributed by atoms with van der Waals surface area (Å²) in [6.45, 7) is 9.69. The first-order chi connectivity index (χ1) is 10.6. The Balaban J connectivity index is 3.30. The van der Waals surface area contributed by atoms with Gasteiger partial charge in [0.2, 0.25) is 15.9 Å². The van der Waals surface area contributed by atoms with E-state index in [1.807, 2.05) is 0 Å². The topological polar surface area (TPSA) is 75.7 Å². The lowest BCUT2D eigenvalue weighted by molar-refractivity contribution is -0.123. The number of nitrogens with one attached hydrogen (secondary N) is 1. The van der Waals surface area contributed by atoms with Gasteiger partial charge in [0, 0.05) is 18.5 Å². The van der Waals surface area contributed by atoms with Gasteiger partial charge >= 0.3 is 0 Å². The summed E-state index contributed by atoms with van der Waals surface area (Å²) in [6.07, 6.45) is 0. The van der Waals surface area contributed by atoms with Crippen molar-refractivity contribution in [3.05, 3.63) is 18.2 Å². The van der Waals surface area contributed by atoms with Crippen LogP contribution in [0.25, 0.3) is 0 Å². The number of sulfonamides is 1. The lowest BCUT2D eigenvalue weighted by Crippen LogP contribution is -2.31. The van der Waals surface area contributed by atoms with Gasteiger partial charge in [0.05, 0.1) is 17.7 Å². The summed E-state index contributed by atoms with van der Waals surface area (Å²) >= 11 is 0. The van der Waals surface area contributed by atoms with Crippen molar-refractivity contribution in [1.82, 2.24) is 4.31 Å². The molecule has 0 aromatic heterocycles. The number of hydrogen-bond donors (Lipinski definition) is 1. The SMILES string of the molecule is CCN(CC)S(=O)(=O)c1ccc(OC)c(NC(=O)C(C)(C)C)c1. The Hall–Kier alpha value is -1.60. The third-order valence-corrected chi connectivity index (χ3v) is 5.49. The first-order valence-electron chi connectivity index (χ1n) is 7.57.